The van der Waals surface area contributed by atoms with E-state index in [1.165, 1.54) is 238 Å². The lowest BCUT2D eigenvalue weighted by molar-refractivity contribution is -0.167. The zero-order chi connectivity index (χ0) is 57.1. The molecular formula is C73H132O6. The average Bonchev–Trinajstić information content (AvgIpc) is 3.45. The maximum Gasteiger partial charge on any atom is 0.306 e. The van der Waals surface area contributed by atoms with Crippen LogP contribution in [0.5, 0.6) is 0 Å². The molecule has 0 aromatic carbocycles. The molecule has 0 aliphatic carbocycles. The quantitative estimate of drug-likeness (QED) is 0.0261. The summed E-state index contributed by atoms with van der Waals surface area (Å²) in [5.74, 6) is -0.848. The van der Waals surface area contributed by atoms with E-state index in [4.69, 9.17) is 14.2 Å². The van der Waals surface area contributed by atoms with Gasteiger partial charge < -0.3 is 14.2 Å². The number of hydrogen-bond acceptors (Lipinski definition) is 6. The minimum atomic E-state index is -0.772. The molecule has 0 aliphatic rings. The summed E-state index contributed by atoms with van der Waals surface area (Å²) >= 11 is 0. The Kier molecular flexibility index (Phi) is 65.1. The van der Waals surface area contributed by atoms with Crippen LogP contribution in [0.2, 0.25) is 0 Å². The highest BCUT2D eigenvalue weighted by atomic mass is 16.6. The Morgan fingerprint density at radius 3 is 0.772 bits per heavy atom. The molecule has 0 N–H and O–H groups in total. The first-order valence-corrected chi connectivity index (χ1v) is 34.8. The second kappa shape index (κ2) is 67.6. The van der Waals surface area contributed by atoms with Gasteiger partial charge in [0, 0.05) is 19.3 Å². The van der Waals surface area contributed by atoms with Gasteiger partial charge >= 0.3 is 17.9 Å². The van der Waals surface area contributed by atoms with Crippen molar-refractivity contribution < 1.29 is 28.6 Å². The highest BCUT2D eigenvalue weighted by Crippen LogP contribution is 2.18. The number of allylic oxidation sites excluding steroid dienone is 10. The van der Waals surface area contributed by atoms with Crippen LogP contribution in [0, 0.1) is 0 Å². The van der Waals surface area contributed by atoms with Gasteiger partial charge in [0.15, 0.2) is 6.10 Å². The number of ether oxygens (including phenoxy) is 3. The number of unbranched alkanes of at least 4 members (excludes halogenated alkanes) is 43. The van der Waals surface area contributed by atoms with Gasteiger partial charge in [-0.2, -0.15) is 0 Å². The van der Waals surface area contributed by atoms with Gasteiger partial charge in [-0.3, -0.25) is 14.4 Å². The molecule has 6 heteroatoms. The standard InChI is InChI=1S/C73H132O6/c1-4-7-10-13-16-19-22-24-26-28-30-32-34-35-36-37-39-40-42-44-46-48-51-54-57-60-63-66-72(75)78-69-70(68-77-71(74)65-62-59-56-53-50-21-18-15-12-9-6-3)79-73(76)67-64-61-58-55-52-49-47-45-43-41-38-33-31-29-27-25-23-20-17-14-11-8-5-2/h7,10,16,19,24,26,30,32,35-36,70H,4-6,8-9,11-15,17-18,20-23,25,27-29,31,33-34,37-69H2,1-3H3/b10-7-,19-16-,26-24-,32-30-,36-35-. The third-order valence-corrected chi connectivity index (χ3v) is 15.5. The lowest BCUT2D eigenvalue weighted by atomic mass is 10.0. The first kappa shape index (κ1) is 76.1. The number of carbonyl (C=O) groups excluding carboxylic acids is 3. The topological polar surface area (TPSA) is 78.9 Å². The zero-order valence-corrected chi connectivity index (χ0v) is 52.9. The van der Waals surface area contributed by atoms with Crippen LogP contribution in [0.15, 0.2) is 60.8 Å². The Hall–Kier alpha value is -2.89. The maximum atomic E-state index is 12.9. The lowest BCUT2D eigenvalue weighted by Crippen LogP contribution is -2.30. The fourth-order valence-electron chi connectivity index (χ4n) is 10.4. The van der Waals surface area contributed by atoms with Gasteiger partial charge in [0.2, 0.25) is 0 Å². The van der Waals surface area contributed by atoms with E-state index < -0.39 is 6.10 Å². The highest BCUT2D eigenvalue weighted by Gasteiger charge is 2.19. The summed E-state index contributed by atoms with van der Waals surface area (Å²) in [6.45, 7) is 6.58. The number of hydrogen-bond donors (Lipinski definition) is 0. The van der Waals surface area contributed by atoms with Crippen LogP contribution in [-0.2, 0) is 28.6 Å². The molecule has 6 nitrogen and oxygen atoms in total. The normalized spacial score (nSPS) is 12.4. The summed E-state index contributed by atoms with van der Waals surface area (Å²) in [5, 5.41) is 0. The smallest absolute Gasteiger partial charge is 0.306 e. The number of esters is 3. The van der Waals surface area contributed by atoms with Crippen molar-refractivity contribution in [2.75, 3.05) is 13.2 Å². The molecule has 460 valence electrons. The summed E-state index contributed by atoms with van der Waals surface area (Å²) < 4.78 is 17.0. The number of carbonyl (C=O) groups is 3. The van der Waals surface area contributed by atoms with Crippen LogP contribution in [0.25, 0.3) is 0 Å². The minimum absolute atomic E-state index is 0.0691. The third kappa shape index (κ3) is 65.8. The molecule has 0 spiro atoms. The van der Waals surface area contributed by atoms with Crippen LogP contribution in [0.3, 0.4) is 0 Å². The van der Waals surface area contributed by atoms with E-state index in [9.17, 15) is 14.4 Å². The SMILES string of the molecule is CC/C=C\C/C=C\C/C=C\C/C=C\C/C=C\CCCCCCCCCCCCCC(=O)OCC(COC(=O)CCCCCCCCCCCCC)OC(=O)CCCCCCCCCCCCCCCCCCCCCCCCC. The zero-order valence-electron chi connectivity index (χ0n) is 52.9. The number of rotatable bonds is 64. The van der Waals surface area contributed by atoms with Crippen molar-refractivity contribution in [2.24, 2.45) is 0 Å². The summed E-state index contributed by atoms with van der Waals surface area (Å²) in [4.78, 5) is 38.4. The molecule has 0 saturated carbocycles. The van der Waals surface area contributed by atoms with E-state index >= 15 is 0 Å². The molecule has 0 amide bonds. The van der Waals surface area contributed by atoms with Crippen molar-refractivity contribution in [2.45, 2.75) is 374 Å². The molecular weight excluding hydrogens is 973 g/mol. The van der Waals surface area contributed by atoms with Gasteiger partial charge in [0.05, 0.1) is 0 Å². The van der Waals surface area contributed by atoms with Gasteiger partial charge in [-0.1, -0.05) is 345 Å². The van der Waals surface area contributed by atoms with Crippen LogP contribution < -0.4 is 0 Å². The second-order valence-corrected chi connectivity index (χ2v) is 23.4. The molecule has 0 bridgehead atoms. The summed E-state index contributed by atoms with van der Waals surface area (Å²) in [6.07, 6.45) is 86.8. The second-order valence-electron chi connectivity index (χ2n) is 23.4. The molecule has 0 aromatic rings. The summed E-state index contributed by atoms with van der Waals surface area (Å²) in [5.41, 5.74) is 0. The Balaban J connectivity index is 4.20. The fraction of sp³-hybridized carbons (Fsp3) is 0.822. The Bertz CT molecular complexity index is 1410. The van der Waals surface area contributed by atoms with E-state index in [0.29, 0.717) is 19.3 Å². The van der Waals surface area contributed by atoms with Gasteiger partial charge in [-0.15, -0.1) is 0 Å². The Morgan fingerprint density at radius 1 is 0.266 bits per heavy atom. The van der Waals surface area contributed by atoms with Crippen molar-refractivity contribution in [3.8, 4) is 0 Å². The average molecular weight is 1110 g/mol. The van der Waals surface area contributed by atoms with Gasteiger partial charge in [0.1, 0.15) is 13.2 Å². The Morgan fingerprint density at radius 2 is 0.494 bits per heavy atom. The molecule has 0 aromatic heterocycles. The molecule has 0 saturated heterocycles. The monoisotopic (exact) mass is 1110 g/mol. The van der Waals surface area contributed by atoms with Gasteiger partial charge in [-0.25, -0.2) is 0 Å². The molecule has 0 rings (SSSR count). The predicted octanol–water partition coefficient (Wildman–Crippen LogP) is 23.9. The summed E-state index contributed by atoms with van der Waals surface area (Å²) in [7, 11) is 0. The largest absolute Gasteiger partial charge is 0.462 e. The first-order valence-electron chi connectivity index (χ1n) is 34.8. The van der Waals surface area contributed by atoms with Crippen LogP contribution in [0.1, 0.15) is 367 Å². The van der Waals surface area contributed by atoms with E-state index in [-0.39, 0.29) is 31.1 Å². The lowest BCUT2D eigenvalue weighted by Gasteiger charge is -2.18. The van der Waals surface area contributed by atoms with Crippen molar-refractivity contribution in [3.63, 3.8) is 0 Å². The molecule has 0 fully saturated rings. The van der Waals surface area contributed by atoms with Gasteiger partial charge in [0.25, 0.3) is 0 Å². The molecule has 0 heterocycles. The van der Waals surface area contributed by atoms with Crippen LogP contribution in [0.4, 0.5) is 0 Å². The maximum absolute atomic E-state index is 12.9. The minimum Gasteiger partial charge on any atom is -0.462 e. The van der Waals surface area contributed by atoms with Gasteiger partial charge in [-0.05, 0) is 64.2 Å². The predicted molar refractivity (Wildman–Crippen MR) is 344 cm³/mol. The van der Waals surface area contributed by atoms with Crippen LogP contribution >= 0.6 is 0 Å². The molecule has 0 radical (unpaired) electrons. The first-order chi connectivity index (χ1) is 39.0. The highest BCUT2D eigenvalue weighted by molar-refractivity contribution is 5.71. The summed E-state index contributed by atoms with van der Waals surface area (Å²) in [6, 6.07) is 0. The molecule has 1 atom stereocenters. The van der Waals surface area contributed by atoms with E-state index in [2.05, 4.69) is 81.5 Å². The molecule has 79 heavy (non-hydrogen) atoms. The van der Waals surface area contributed by atoms with Crippen LogP contribution in [-0.4, -0.2) is 37.2 Å². The van der Waals surface area contributed by atoms with E-state index in [0.717, 1.165) is 89.9 Å². The van der Waals surface area contributed by atoms with Crippen molar-refractivity contribution in [1.29, 1.82) is 0 Å². The molecule has 1 unspecified atom stereocenters. The van der Waals surface area contributed by atoms with Crippen molar-refractivity contribution in [1.82, 2.24) is 0 Å². The van der Waals surface area contributed by atoms with E-state index in [1.807, 2.05) is 0 Å². The Labute approximate surface area is 491 Å². The third-order valence-electron chi connectivity index (χ3n) is 15.5. The van der Waals surface area contributed by atoms with Crippen molar-refractivity contribution >= 4 is 17.9 Å². The van der Waals surface area contributed by atoms with E-state index in [1.54, 1.807) is 0 Å². The van der Waals surface area contributed by atoms with Crippen molar-refractivity contribution in [3.05, 3.63) is 60.8 Å². The molecule has 0 aliphatic heterocycles. The fourth-order valence-corrected chi connectivity index (χ4v) is 10.4.